The van der Waals surface area contributed by atoms with Gasteiger partial charge < -0.3 is 15.2 Å². The van der Waals surface area contributed by atoms with E-state index in [4.69, 9.17) is 4.74 Å². The predicted octanol–water partition coefficient (Wildman–Crippen LogP) is 2.48. The van der Waals surface area contributed by atoms with Gasteiger partial charge in [-0.25, -0.2) is 0 Å². The van der Waals surface area contributed by atoms with E-state index in [-0.39, 0.29) is 12.5 Å². The fourth-order valence-electron chi connectivity index (χ4n) is 2.98. The summed E-state index contributed by atoms with van der Waals surface area (Å²) in [5.41, 5.74) is 3.20. The van der Waals surface area contributed by atoms with Gasteiger partial charge in [-0.3, -0.25) is 9.48 Å². The van der Waals surface area contributed by atoms with E-state index in [2.05, 4.69) is 10.4 Å². The SMILES string of the molecule is COc1cccc(C(CO)NC(=O)c2cnn(C)c2Cc2ccccc2)c1. The molecule has 140 valence electrons. The van der Waals surface area contributed by atoms with Crippen LogP contribution < -0.4 is 10.1 Å². The molecule has 0 aliphatic rings. The third-order valence-corrected chi connectivity index (χ3v) is 4.50. The molecule has 2 N–H and O–H groups in total. The first kappa shape index (κ1) is 18.7. The van der Waals surface area contributed by atoms with Crippen LogP contribution in [0, 0.1) is 0 Å². The molecule has 0 radical (unpaired) electrons. The Labute approximate surface area is 158 Å². The maximum Gasteiger partial charge on any atom is 0.255 e. The molecule has 0 saturated carbocycles. The lowest BCUT2D eigenvalue weighted by Gasteiger charge is -2.17. The highest BCUT2D eigenvalue weighted by Crippen LogP contribution is 2.20. The van der Waals surface area contributed by atoms with Crippen molar-refractivity contribution in [3.05, 3.63) is 83.2 Å². The van der Waals surface area contributed by atoms with E-state index in [0.717, 1.165) is 16.8 Å². The topological polar surface area (TPSA) is 76.4 Å². The Hall–Kier alpha value is -3.12. The first-order valence-electron chi connectivity index (χ1n) is 8.73. The van der Waals surface area contributed by atoms with Crippen molar-refractivity contribution in [1.82, 2.24) is 15.1 Å². The molecule has 27 heavy (non-hydrogen) atoms. The number of aromatic nitrogens is 2. The van der Waals surface area contributed by atoms with Crippen molar-refractivity contribution in [1.29, 1.82) is 0 Å². The maximum absolute atomic E-state index is 12.9. The van der Waals surface area contributed by atoms with Crippen molar-refractivity contribution in [2.24, 2.45) is 7.05 Å². The van der Waals surface area contributed by atoms with E-state index in [1.165, 1.54) is 0 Å². The lowest BCUT2D eigenvalue weighted by Crippen LogP contribution is -2.31. The van der Waals surface area contributed by atoms with E-state index in [1.54, 1.807) is 24.1 Å². The highest BCUT2D eigenvalue weighted by atomic mass is 16.5. The van der Waals surface area contributed by atoms with E-state index in [1.807, 2.05) is 55.6 Å². The summed E-state index contributed by atoms with van der Waals surface area (Å²) in [7, 11) is 3.40. The average molecular weight is 365 g/mol. The number of ether oxygens (including phenoxy) is 1. The monoisotopic (exact) mass is 365 g/mol. The summed E-state index contributed by atoms with van der Waals surface area (Å²) < 4.78 is 6.93. The molecule has 6 heteroatoms. The minimum Gasteiger partial charge on any atom is -0.497 e. The van der Waals surface area contributed by atoms with Crippen LogP contribution >= 0.6 is 0 Å². The van der Waals surface area contributed by atoms with Gasteiger partial charge in [-0.05, 0) is 23.3 Å². The molecule has 1 amide bonds. The molecule has 1 atom stereocenters. The summed E-state index contributed by atoms with van der Waals surface area (Å²) in [6, 6.07) is 16.7. The molecule has 1 unspecified atom stereocenters. The third-order valence-electron chi connectivity index (χ3n) is 4.50. The zero-order valence-corrected chi connectivity index (χ0v) is 15.4. The Morgan fingerprint density at radius 1 is 1.22 bits per heavy atom. The van der Waals surface area contributed by atoms with Crippen LogP contribution in [0.2, 0.25) is 0 Å². The Balaban J connectivity index is 1.81. The summed E-state index contributed by atoms with van der Waals surface area (Å²) in [5, 5.41) is 16.9. The standard InChI is InChI=1S/C21H23N3O3/c1-24-20(11-15-7-4-3-5-8-15)18(13-22-24)21(26)23-19(14-25)16-9-6-10-17(12-16)27-2/h3-10,12-13,19,25H,11,14H2,1-2H3,(H,23,26). The van der Waals surface area contributed by atoms with Gasteiger partial charge in [0.25, 0.3) is 5.91 Å². The van der Waals surface area contributed by atoms with Gasteiger partial charge >= 0.3 is 0 Å². The highest BCUT2D eigenvalue weighted by molar-refractivity contribution is 5.95. The number of amides is 1. The Kier molecular flexibility index (Phi) is 5.88. The number of carbonyl (C=O) groups excluding carboxylic acids is 1. The third kappa shape index (κ3) is 4.35. The number of aryl methyl sites for hydroxylation is 1. The van der Waals surface area contributed by atoms with Gasteiger partial charge in [0, 0.05) is 13.5 Å². The number of aliphatic hydroxyl groups is 1. The number of carbonyl (C=O) groups is 1. The van der Waals surface area contributed by atoms with Crippen LogP contribution in [0.4, 0.5) is 0 Å². The second kappa shape index (κ2) is 8.51. The van der Waals surface area contributed by atoms with Gasteiger partial charge in [0.1, 0.15) is 5.75 Å². The number of rotatable bonds is 7. The van der Waals surface area contributed by atoms with Gasteiger partial charge in [0.15, 0.2) is 0 Å². The molecule has 2 aromatic carbocycles. The van der Waals surface area contributed by atoms with Gasteiger partial charge in [-0.2, -0.15) is 5.10 Å². The minimum atomic E-state index is -0.530. The molecular formula is C21H23N3O3. The van der Waals surface area contributed by atoms with E-state index < -0.39 is 6.04 Å². The number of aliphatic hydroxyl groups excluding tert-OH is 1. The van der Waals surface area contributed by atoms with Crippen molar-refractivity contribution >= 4 is 5.91 Å². The molecule has 3 rings (SSSR count). The Bertz CT molecular complexity index is 906. The average Bonchev–Trinajstić information content (AvgIpc) is 3.07. The van der Waals surface area contributed by atoms with Crippen molar-refractivity contribution < 1.29 is 14.6 Å². The number of nitrogens with one attached hydrogen (secondary N) is 1. The van der Waals surface area contributed by atoms with Crippen LogP contribution in [0.5, 0.6) is 5.75 Å². The van der Waals surface area contributed by atoms with E-state index in [9.17, 15) is 9.90 Å². The summed E-state index contributed by atoms with van der Waals surface area (Å²) in [6.45, 7) is -0.215. The van der Waals surface area contributed by atoms with Crippen LogP contribution in [-0.2, 0) is 13.5 Å². The lowest BCUT2D eigenvalue weighted by molar-refractivity contribution is 0.0915. The molecule has 0 saturated heterocycles. The molecule has 0 aliphatic carbocycles. The highest BCUT2D eigenvalue weighted by Gasteiger charge is 2.20. The smallest absolute Gasteiger partial charge is 0.255 e. The molecule has 0 fully saturated rings. The van der Waals surface area contributed by atoms with Gasteiger partial charge in [0.05, 0.1) is 37.2 Å². The Morgan fingerprint density at radius 3 is 2.70 bits per heavy atom. The second-order valence-corrected chi connectivity index (χ2v) is 6.28. The molecule has 0 spiro atoms. The van der Waals surface area contributed by atoms with Crippen molar-refractivity contribution in [2.75, 3.05) is 13.7 Å². The zero-order chi connectivity index (χ0) is 19.2. The quantitative estimate of drug-likeness (QED) is 0.674. The number of benzene rings is 2. The maximum atomic E-state index is 12.9. The van der Waals surface area contributed by atoms with Crippen LogP contribution in [0.3, 0.4) is 0 Å². The minimum absolute atomic E-state index is 0.215. The lowest BCUT2D eigenvalue weighted by atomic mass is 10.0. The molecule has 0 bridgehead atoms. The van der Waals surface area contributed by atoms with Crippen LogP contribution in [0.15, 0.2) is 60.8 Å². The number of hydrogen-bond acceptors (Lipinski definition) is 4. The van der Waals surface area contributed by atoms with Gasteiger partial charge in [-0.15, -0.1) is 0 Å². The summed E-state index contributed by atoms with van der Waals surface area (Å²) >= 11 is 0. The van der Waals surface area contributed by atoms with Crippen LogP contribution in [0.25, 0.3) is 0 Å². The van der Waals surface area contributed by atoms with E-state index >= 15 is 0 Å². The van der Waals surface area contributed by atoms with Crippen molar-refractivity contribution in [3.8, 4) is 5.75 Å². The van der Waals surface area contributed by atoms with Crippen LogP contribution in [-0.4, -0.2) is 34.5 Å². The summed E-state index contributed by atoms with van der Waals surface area (Å²) in [4.78, 5) is 12.9. The number of methoxy groups -OCH3 is 1. The molecular weight excluding hydrogens is 342 g/mol. The normalized spacial score (nSPS) is 11.8. The fraction of sp³-hybridized carbons (Fsp3) is 0.238. The fourth-order valence-corrected chi connectivity index (χ4v) is 2.98. The molecule has 6 nitrogen and oxygen atoms in total. The molecule has 0 aliphatic heterocycles. The molecule has 3 aromatic rings. The van der Waals surface area contributed by atoms with Crippen molar-refractivity contribution in [2.45, 2.75) is 12.5 Å². The Morgan fingerprint density at radius 2 is 2.00 bits per heavy atom. The largest absolute Gasteiger partial charge is 0.497 e. The number of hydrogen-bond donors (Lipinski definition) is 2. The molecule has 1 aromatic heterocycles. The first-order chi connectivity index (χ1) is 13.1. The summed E-state index contributed by atoms with van der Waals surface area (Å²) in [6.07, 6.45) is 2.16. The summed E-state index contributed by atoms with van der Waals surface area (Å²) in [5.74, 6) is 0.405. The van der Waals surface area contributed by atoms with Crippen molar-refractivity contribution in [3.63, 3.8) is 0 Å². The van der Waals surface area contributed by atoms with Crippen LogP contribution in [0.1, 0.15) is 33.2 Å². The van der Waals surface area contributed by atoms with Gasteiger partial charge in [0.2, 0.25) is 0 Å². The first-order valence-corrected chi connectivity index (χ1v) is 8.73. The van der Waals surface area contributed by atoms with E-state index in [0.29, 0.717) is 17.7 Å². The predicted molar refractivity (Wildman–Crippen MR) is 103 cm³/mol. The molecule has 1 heterocycles. The van der Waals surface area contributed by atoms with Gasteiger partial charge in [-0.1, -0.05) is 42.5 Å². The second-order valence-electron chi connectivity index (χ2n) is 6.28. The number of nitrogens with zero attached hydrogens (tertiary/aromatic N) is 2. The zero-order valence-electron chi connectivity index (χ0n) is 15.4.